The minimum Gasteiger partial charge on any atom is -0.404 e. The number of para-hydroxylation sites is 2. The van der Waals surface area contributed by atoms with Gasteiger partial charge >= 0.3 is 12.4 Å². The van der Waals surface area contributed by atoms with Crippen LogP contribution in [0.1, 0.15) is 19.8 Å². The molecule has 0 aliphatic rings. The molecular formula is C12H15F3N2O2. The lowest BCUT2D eigenvalue weighted by Gasteiger charge is -2.14. The summed E-state index contributed by atoms with van der Waals surface area (Å²) in [5, 5.41) is 4.85. The first-order chi connectivity index (χ1) is 8.92. The van der Waals surface area contributed by atoms with Crippen molar-refractivity contribution < 1.29 is 22.7 Å². The average Bonchev–Trinajstić information content (AvgIpc) is 2.30. The molecule has 2 N–H and O–H groups in total. The van der Waals surface area contributed by atoms with Gasteiger partial charge in [0.25, 0.3) is 0 Å². The number of alkyl halides is 3. The zero-order valence-electron chi connectivity index (χ0n) is 10.4. The number of halogens is 3. The van der Waals surface area contributed by atoms with E-state index < -0.39 is 18.1 Å². The molecule has 7 heteroatoms. The second kappa shape index (κ2) is 6.86. The van der Waals surface area contributed by atoms with Crippen molar-refractivity contribution in [2.75, 3.05) is 11.9 Å². The monoisotopic (exact) mass is 276 g/mol. The van der Waals surface area contributed by atoms with Crippen molar-refractivity contribution in [3.05, 3.63) is 24.3 Å². The van der Waals surface area contributed by atoms with E-state index in [9.17, 15) is 18.0 Å². The number of unbranched alkanes of at least 4 members (excludes halogenated alkanes) is 1. The summed E-state index contributed by atoms with van der Waals surface area (Å²) in [7, 11) is 0. The Bertz CT molecular complexity index is 422. The fraction of sp³-hybridized carbons (Fsp3) is 0.417. The zero-order valence-corrected chi connectivity index (χ0v) is 10.4. The van der Waals surface area contributed by atoms with Crippen molar-refractivity contribution in [3.8, 4) is 5.75 Å². The Hall–Kier alpha value is -1.92. The van der Waals surface area contributed by atoms with Crippen LogP contribution in [0, 0.1) is 0 Å². The molecule has 0 radical (unpaired) electrons. The molecule has 4 nitrogen and oxygen atoms in total. The lowest BCUT2D eigenvalue weighted by molar-refractivity contribution is -0.274. The molecule has 0 saturated heterocycles. The van der Waals surface area contributed by atoms with Crippen LogP contribution in [0.3, 0.4) is 0 Å². The number of ether oxygens (including phenoxy) is 1. The van der Waals surface area contributed by atoms with Gasteiger partial charge in [-0.15, -0.1) is 13.2 Å². The third-order valence-corrected chi connectivity index (χ3v) is 2.18. The van der Waals surface area contributed by atoms with E-state index in [1.807, 2.05) is 6.92 Å². The molecule has 0 saturated carbocycles. The van der Waals surface area contributed by atoms with E-state index in [0.29, 0.717) is 6.54 Å². The summed E-state index contributed by atoms with van der Waals surface area (Å²) in [6.45, 7) is 2.43. The Kier molecular flexibility index (Phi) is 5.47. The Morgan fingerprint density at radius 1 is 1.32 bits per heavy atom. The second-order valence-corrected chi connectivity index (χ2v) is 3.78. The van der Waals surface area contributed by atoms with Crippen molar-refractivity contribution in [1.82, 2.24) is 5.32 Å². The highest BCUT2D eigenvalue weighted by Crippen LogP contribution is 2.29. The first kappa shape index (κ1) is 15.1. The van der Waals surface area contributed by atoms with Crippen LogP contribution in [-0.2, 0) is 0 Å². The van der Waals surface area contributed by atoms with E-state index in [1.54, 1.807) is 0 Å². The van der Waals surface area contributed by atoms with E-state index in [4.69, 9.17) is 0 Å². The predicted octanol–water partition coefficient (Wildman–Crippen LogP) is 3.51. The molecule has 0 unspecified atom stereocenters. The quantitative estimate of drug-likeness (QED) is 0.808. The summed E-state index contributed by atoms with van der Waals surface area (Å²) >= 11 is 0. The molecule has 0 fully saturated rings. The highest BCUT2D eigenvalue weighted by molar-refractivity contribution is 5.90. The maximum absolute atomic E-state index is 12.2. The standard InChI is InChI=1S/C12H15F3N2O2/c1-2-3-8-16-11(18)17-9-6-4-5-7-10(9)19-12(13,14)15/h4-7H,2-3,8H2,1H3,(H2,16,17,18). The SMILES string of the molecule is CCCCNC(=O)Nc1ccccc1OC(F)(F)F. The predicted molar refractivity (Wildman–Crippen MR) is 65.1 cm³/mol. The molecule has 19 heavy (non-hydrogen) atoms. The normalized spacial score (nSPS) is 10.9. The number of urea groups is 1. The van der Waals surface area contributed by atoms with Crippen LogP contribution in [0.5, 0.6) is 5.75 Å². The van der Waals surface area contributed by atoms with Crippen molar-refractivity contribution in [2.45, 2.75) is 26.1 Å². The number of hydrogen-bond donors (Lipinski definition) is 2. The molecule has 0 aliphatic heterocycles. The van der Waals surface area contributed by atoms with Crippen molar-refractivity contribution in [2.24, 2.45) is 0 Å². The van der Waals surface area contributed by atoms with Gasteiger partial charge in [-0.25, -0.2) is 4.79 Å². The fourth-order valence-electron chi connectivity index (χ4n) is 1.33. The third kappa shape index (κ3) is 5.98. The van der Waals surface area contributed by atoms with Gasteiger partial charge in [-0.1, -0.05) is 25.5 Å². The van der Waals surface area contributed by atoms with Crippen LogP contribution in [0.25, 0.3) is 0 Å². The summed E-state index contributed by atoms with van der Waals surface area (Å²) in [5.41, 5.74) is -0.0335. The summed E-state index contributed by atoms with van der Waals surface area (Å²) in [6.07, 6.45) is -3.08. The van der Waals surface area contributed by atoms with Crippen molar-refractivity contribution in [1.29, 1.82) is 0 Å². The lowest BCUT2D eigenvalue weighted by Crippen LogP contribution is -2.30. The molecule has 0 atom stereocenters. The van der Waals surface area contributed by atoms with E-state index in [-0.39, 0.29) is 5.69 Å². The highest BCUT2D eigenvalue weighted by atomic mass is 19.4. The lowest BCUT2D eigenvalue weighted by atomic mass is 10.3. The highest BCUT2D eigenvalue weighted by Gasteiger charge is 2.32. The number of nitrogens with one attached hydrogen (secondary N) is 2. The third-order valence-electron chi connectivity index (χ3n) is 2.18. The topological polar surface area (TPSA) is 50.4 Å². The van der Waals surface area contributed by atoms with Crippen LogP contribution >= 0.6 is 0 Å². The van der Waals surface area contributed by atoms with Gasteiger partial charge in [-0.3, -0.25) is 0 Å². The molecule has 2 amide bonds. The summed E-state index contributed by atoms with van der Waals surface area (Å²) in [5.74, 6) is -0.444. The zero-order chi connectivity index (χ0) is 14.3. The van der Waals surface area contributed by atoms with Gasteiger partial charge < -0.3 is 15.4 Å². The van der Waals surface area contributed by atoms with Gasteiger partial charge in [0.15, 0.2) is 5.75 Å². The van der Waals surface area contributed by atoms with Crippen molar-refractivity contribution >= 4 is 11.7 Å². The van der Waals surface area contributed by atoms with E-state index in [0.717, 1.165) is 18.9 Å². The number of carbonyl (C=O) groups excluding carboxylic acids is 1. The van der Waals surface area contributed by atoms with Gasteiger partial charge in [-0.2, -0.15) is 0 Å². The number of amides is 2. The molecule has 1 aromatic rings. The maximum atomic E-state index is 12.2. The summed E-state index contributed by atoms with van der Waals surface area (Å²) in [4.78, 5) is 11.4. The minimum absolute atomic E-state index is 0.0335. The van der Waals surface area contributed by atoms with Crippen molar-refractivity contribution in [3.63, 3.8) is 0 Å². The Balaban J connectivity index is 2.64. The van der Waals surface area contributed by atoms with E-state index in [2.05, 4.69) is 15.4 Å². The number of hydrogen-bond acceptors (Lipinski definition) is 2. The van der Waals surface area contributed by atoms with Gasteiger partial charge in [0.05, 0.1) is 5.69 Å². The van der Waals surface area contributed by atoms with E-state index in [1.165, 1.54) is 18.2 Å². The molecule has 0 heterocycles. The average molecular weight is 276 g/mol. The van der Waals surface area contributed by atoms with Crippen LogP contribution in [0.4, 0.5) is 23.7 Å². The largest absolute Gasteiger partial charge is 0.573 e. The fourth-order valence-corrected chi connectivity index (χ4v) is 1.33. The maximum Gasteiger partial charge on any atom is 0.573 e. The number of carbonyl (C=O) groups is 1. The Morgan fingerprint density at radius 3 is 2.63 bits per heavy atom. The molecule has 0 bridgehead atoms. The van der Waals surface area contributed by atoms with Crippen LogP contribution in [0.15, 0.2) is 24.3 Å². The first-order valence-electron chi connectivity index (χ1n) is 5.82. The van der Waals surface area contributed by atoms with Crippen LogP contribution in [-0.4, -0.2) is 18.9 Å². The first-order valence-corrected chi connectivity index (χ1v) is 5.82. The molecule has 0 spiro atoms. The van der Waals surface area contributed by atoms with Crippen LogP contribution in [0.2, 0.25) is 0 Å². The minimum atomic E-state index is -4.80. The molecule has 0 aliphatic carbocycles. The van der Waals surface area contributed by atoms with E-state index >= 15 is 0 Å². The summed E-state index contributed by atoms with van der Waals surface area (Å²) in [6, 6.07) is 4.80. The van der Waals surface area contributed by atoms with Gasteiger partial charge in [-0.05, 0) is 18.6 Å². The van der Waals surface area contributed by atoms with Gasteiger partial charge in [0, 0.05) is 6.54 Å². The smallest absolute Gasteiger partial charge is 0.404 e. The van der Waals surface area contributed by atoms with Gasteiger partial charge in [0.2, 0.25) is 0 Å². The molecular weight excluding hydrogens is 261 g/mol. The second-order valence-electron chi connectivity index (χ2n) is 3.78. The molecule has 106 valence electrons. The van der Waals surface area contributed by atoms with Crippen LogP contribution < -0.4 is 15.4 Å². The number of benzene rings is 1. The molecule has 0 aromatic heterocycles. The van der Waals surface area contributed by atoms with Gasteiger partial charge in [0.1, 0.15) is 0 Å². The summed E-state index contributed by atoms with van der Waals surface area (Å²) < 4.78 is 40.3. The molecule has 1 aromatic carbocycles. The number of anilines is 1. The molecule has 1 rings (SSSR count). The number of rotatable bonds is 5. The Labute approximate surface area is 108 Å². The Morgan fingerprint density at radius 2 is 2.00 bits per heavy atom.